The second-order valence-electron chi connectivity index (χ2n) is 5.04. The molecule has 5 nitrogen and oxygen atoms in total. The molecule has 0 saturated carbocycles. The number of hydrogen-bond donors (Lipinski definition) is 3. The summed E-state index contributed by atoms with van der Waals surface area (Å²) in [6.07, 6.45) is 1.08. The molecule has 0 aliphatic rings. The van der Waals surface area contributed by atoms with Crippen LogP contribution in [0.5, 0.6) is 0 Å². The number of hydrogen-bond acceptors (Lipinski definition) is 3. The quantitative estimate of drug-likeness (QED) is 0.515. The van der Waals surface area contributed by atoms with Crippen LogP contribution in [0.15, 0.2) is 24.3 Å². The molecule has 0 heterocycles. The molecule has 1 aromatic carbocycles. The minimum Gasteiger partial charge on any atom is -0.399 e. The van der Waals surface area contributed by atoms with Crippen LogP contribution in [0.3, 0.4) is 0 Å². The second-order valence-corrected chi connectivity index (χ2v) is 5.04. The second kappa shape index (κ2) is 8.19. The van der Waals surface area contributed by atoms with Gasteiger partial charge in [-0.05, 0) is 24.1 Å². The SMILES string of the molecule is CC(C)C(=O)NCCNC(=O)CCc1cccc(N)c1. The van der Waals surface area contributed by atoms with Gasteiger partial charge < -0.3 is 16.4 Å². The van der Waals surface area contributed by atoms with E-state index < -0.39 is 0 Å². The third-order valence-corrected chi connectivity index (χ3v) is 2.86. The third-order valence-electron chi connectivity index (χ3n) is 2.86. The summed E-state index contributed by atoms with van der Waals surface area (Å²) >= 11 is 0. The van der Waals surface area contributed by atoms with Crippen molar-refractivity contribution in [3.8, 4) is 0 Å². The zero-order valence-corrected chi connectivity index (χ0v) is 12.1. The molecule has 0 atom stereocenters. The summed E-state index contributed by atoms with van der Waals surface area (Å²) in [6.45, 7) is 4.58. The molecule has 1 rings (SSSR count). The molecule has 110 valence electrons. The Morgan fingerprint density at radius 2 is 1.90 bits per heavy atom. The Morgan fingerprint density at radius 3 is 2.55 bits per heavy atom. The summed E-state index contributed by atoms with van der Waals surface area (Å²) in [5.41, 5.74) is 7.43. The number of carbonyl (C=O) groups is 2. The first-order valence-corrected chi connectivity index (χ1v) is 6.88. The fourth-order valence-electron chi connectivity index (χ4n) is 1.69. The Labute approximate surface area is 119 Å². The number of nitrogens with one attached hydrogen (secondary N) is 2. The Kier molecular flexibility index (Phi) is 6.56. The van der Waals surface area contributed by atoms with E-state index in [1.54, 1.807) is 0 Å². The molecule has 4 N–H and O–H groups in total. The van der Waals surface area contributed by atoms with Gasteiger partial charge >= 0.3 is 0 Å². The molecule has 1 aromatic rings. The summed E-state index contributed by atoms with van der Waals surface area (Å²) in [4.78, 5) is 22.9. The van der Waals surface area contributed by atoms with Gasteiger partial charge in [0.15, 0.2) is 0 Å². The van der Waals surface area contributed by atoms with Gasteiger partial charge in [0.1, 0.15) is 0 Å². The maximum Gasteiger partial charge on any atom is 0.222 e. The van der Waals surface area contributed by atoms with Gasteiger partial charge in [0.05, 0.1) is 0 Å². The summed E-state index contributed by atoms with van der Waals surface area (Å²) in [6, 6.07) is 7.52. The average Bonchev–Trinajstić information content (AvgIpc) is 2.41. The molecule has 5 heteroatoms. The van der Waals surface area contributed by atoms with Crippen LogP contribution in [-0.2, 0) is 16.0 Å². The molecule has 0 aliphatic carbocycles. The molecule has 0 radical (unpaired) electrons. The highest BCUT2D eigenvalue weighted by Gasteiger charge is 2.06. The Balaban J connectivity index is 2.16. The van der Waals surface area contributed by atoms with Crippen LogP contribution in [0, 0.1) is 5.92 Å². The van der Waals surface area contributed by atoms with Gasteiger partial charge in [0.2, 0.25) is 11.8 Å². The first-order chi connectivity index (χ1) is 9.49. The van der Waals surface area contributed by atoms with Gasteiger partial charge in [-0.15, -0.1) is 0 Å². The van der Waals surface area contributed by atoms with E-state index in [0.29, 0.717) is 31.6 Å². The van der Waals surface area contributed by atoms with Crippen LogP contribution in [0.25, 0.3) is 0 Å². The van der Waals surface area contributed by atoms with Crippen molar-refractivity contribution in [1.82, 2.24) is 10.6 Å². The Hall–Kier alpha value is -2.04. The van der Waals surface area contributed by atoms with Crippen molar-refractivity contribution in [2.45, 2.75) is 26.7 Å². The van der Waals surface area contributed by atoms with E-state index in [9.17, 15) is 9.59 Å². The summed E-state index contributed by atoms with van der Waals surface area (Å²) in [5.74, 6) is -0.0560. The lowest BCUT2D eigenvalue weighted by molar-refractivity contribution is -0.124. The van der Waals surface area contributed by atoms with Crippen LogP contribution >= 0.6 is 0 Å². The van der Waals surface area contributed by atoms with Gasteiger partial charge in [-0.1, -0.05) is 26.0 Å². The molecule has 2 amide bonds. The molecular weight excluding hydrogens is 254 g/mol. The minimum atomic E-state index is -0.0331. The van der Waals surface area contributed by atoms with Crippen LogP contribution in [0.4, 0.5) is 5.69 Å². The molecule has 0 aliphatic heterocycles. The van der Waals surface area contributed by atoms with Crippen LogP contribution < -0.4 is 16.4 Å². The highest BCUT2D eigenvalue weighted by atomic mass is 16.2. The third kappa shape index (κ3) is 6.22. The Bertz CT molecular complexity index is 458. The number of aryl methyl sites for hydroxylation is 1. The van der Waals surface area contributed by atoms with E-state index >= 15 is 0 Å². The fourth-order valence-corrected chi connectivity index (χ4v) is 1.69. The molecule has 20 heavy (non-hydrogen) atoms. The van der Waals surface area contributed by atoms with Crippen LogP contribution in [0.2, 0.25) is 0 Å². The first-order valence-electron chi connectivity index (χ1n) is 6.88. The van der Waals surface area contributed by atoms with Crippen molar-refractivity contribution in [2.75, 3.05) is 18.8 Å². The standard InChI is InChI=1S/C15H23N3O2/c1-11(2)15(20)18-9-8-17-14(19)7-6-12-4-3-5-13(16)10-12/h3-5,10-11H,6-9,16H2,1-2H3,(H,17,19)(H,18,20). The predicted molar refractivity (Wildman–Crippen MR) is 80.0 cm³/mol. The first kappa shape index (κ1) is 16.0. The number of carbonyl (C=O) groups excluding carboxylic acids is 2. The van der Waals surface area contributed by atoms with Gasteiger partial charge in [-0.3, -0.25) is 9.59 Å². The molecule has 0 unspecified atom stereocenters. The predicted octanol–water partition coefficient (Wildman–Crippen LogP) is 1.09. The zero-order chi connectivity index (χ0) is 15.0. The molecule has 0 saturated heterocycles. The van der Waals surface area contributed by atoms with Gasteiger partial charge in [-0.2, -0.15) is 0 Å². The zero-order valence-electron chi connectivity index (χ0n) is 12.1. The number of rotatable bonds is 7. The Morgan fingerprint density at radius 1 is 1.20 bits per heavy atom. The topological polar surface area (TPSA) is 84.2 Å². The van der Waals surface area contributed by atoms with Gasteiger partial charge in [0.25, 0.3) is 0 Å². The lowest BCUT2D eigenvalue weighted by atomic mass is 10.1. The summed E-state index contributed by atoms with van der Waals surface area (Å²) in [7, 11) is 0. The van der Waals surface area contributed by atoms with E-state index in [4.69, 9.17) is 5.73 Å². The van der Waals surface area contributed by atoms with Crippen molar-refractivity contribution >= 4 is 17.5 Å². The highest BCUT2D eigenvalue weighted by molar-refractivity contribution is 5.78. The van der Waals surface area contributed by atoms with E-state index in [-0.39, 0.29) is 17.7 Å². The van der Waals surface area contributed by atoms with E-state index in [1.165, 1.54) is 0 Å². The maximum absolute atomic E-state index is 11.6. The molecule has 0 fully saturated rings. The number of anilines is 1. The fraction of sp³-hybridized carbons (Fsp3) is 0.467. The monoisotopic (exact) mass is 277 g/mol. The van der Waals surface area contributed by atoms with Crippen molar-refractivity contribution < 1.29 is 9.59 Å². The summed E-state index contributed by atoms with van der Waals surface area (Å²) in [5, 5.41) is 5.53. The lowest BCUT2D eigenvalue weighted by Gasteiger charge is -2.09. The number of amides is 2. The van der Waals surface area contributed by atoms with E-state index in [2.05, 4.69) is 10.6 Å². The number of nitrogens with two attached hydrogens (primary N) is 1. The van der Waals surface area contributed by atoms with E-state index in [1.807, 2.05) is 38.1 Å². The van der Waals surface area contributed by atoms with Crippen molar-refractivity contribution in [2.24, 2.45) is 5.92 Å². The molecule has 0 bridgehead atoms. The summed E-state index contributed by atoms with van der Waals surface area (Å²) < 4.78 is 0. The van der Waals surface area contributed by atoms with Crippen molar-refractivity contribution in [1.29, 1.82) is 0 Å². The molecule has 0 spiro atoms. The minimum absolute atomic E-state index is 0.000917. The van der Waals surface area contributed by atoms with Crippen LogP contribution in [0.1, 0.15) is 25.8 Å². The normalized spacial score (nSPS) is 10.3. The average molecular weight is 277 g/mol. The largest absolute Gasteiger partial charge is 0.399 e. The van der Waals surface area contributed by atoms with Crippen molar-refractivity contribution in [3.05, 3.63) is 29.8 Å². The molecular formula is C15H23N3O2. The van der Waals surface area contributed by atoms with E-state index in [0.717, 1.165) is 5.56 Å². The maximum atomic E-state index is 11.6. The smallest absolute Gasteiger partial charge is 0.222 e. The van der Waals surface area contributed by atoms with Gasteiger partial charge in [-0.25, -0.2) is 0 Å². The number of nitrogen functional groups attached to an aromatic ring is 1. The molecule has 0 aromatic heterocycles. The van der Waals surface area contributed by atoms with Gasteiger partial charge in [0, 0.05) is 31.1 Å². The number of benzene rings is 1. The lowest BCUT2D eigenvalue weighted by Crippen LogP contribution is -2.36. The highest BCUT2D eigenvalue weighted by Crippen LogP contribution is 2.08. The van der Waals surface area contributed by atoms with Crippen LogP contribution in [-0.4, -0.2) is 24.9 Å². The van der Waals surface area contributed by atoms with Crippen molar-refractivity contribution in [3.63, 3.8) is 0 Å².